The Balaban J connectivity index is 1.29. The van der Waals surface area contributed by atoms with E-state index in [-0.39, 0.29) is 0 Å². The van der Waals surface area contributed by atoms with E-state index < -0.39 is 6.10 Å². The number of aliphatic hydroxyl groups is 1. The van der Waals surface area contributed by atoms with Crippen LogP contribution in [-0.4, -0.2) is 53.4 Å². The van der Waals surface area contributed by atoms with Crippen molar-refractivity contribution in [1.29, 1.82) is 0 Å². The molecular formula is C25H24Br2ClN3O. The molecule has 3 aromatic carbocycles. The fraction of sp³-hybridized carbons (Fsp3) is 0.280. The van der Waals surface area contributed by atoms with Crippen molar-refractivity contribution < 1.29 is 5.11 Å². The van der Waals surface area contributed by atoms with Crippen LogP contribution in [0.1, 0.15) is 0 Å². The van der Waals surface area contributed by atoms with Crippen molar-refractivity contribution in [2.75, 3.05) is 37.6 Å². The topological polar surface area (TPSA) is 31.6 Å². The van der Waals surface area contributed by atoms with E-state index in [1.165, 1.54) is 16.5 Å². The molecule has 0 unspecified atom stereocenters. The van der Waals surface area contributed by atoms with E-state index in [4.69, 9.17) is 11.6 Å². The van der Waals surface area contributed by atoms with E-state index in [0.29, 0.717) is 13.1 Å². The minimum atomic E-state index is -0.442. The predicted molar refractivity (Wildman–Crippen MR) is 141 cm³/mol. The van der Waals surface area contributed by atoms with Gasteiger partial charge in [-0.3, -0.25) is 4.90 Å². The molecule has 7 heteroatoms. The first-order valence-corrected chi connectivity index (χ1v) is 12.7. The standard InChI is InChI=1S/C25H24Br2ClN3O/c26-17-1-7-24-22(13-17)23-14-18(27)2-8-25(23)31(24)16-21(32)15-29-9-11-30(12-10-29)20-5-3-19(28)4-6-20/h1-8,13-14,21,32H,9-12,15-16H2/t21-/m1/s1. The van der Waals surface area contributed by atoms with Gasteiger partial charge in [-0.15, -0.1) is 0 Å². The van der Waals surface area contributed by atoms with Gasteiger partial charge >= 0.3 is 0 Å². The number of aromatic nitrogens is 1. The van der Waals surface area contributed by atoms with E-state index in [1.807, 2.05) is 12.1 Å². The molecule has 2 heterocycles. The number of halogens is 3. The Kier molecular flexibility index (Phi) is 6.50. The van der Waals surface area contributed by atoms with Crippen LogP contribution in [0.2, 0.25) is 5.02 Å². The number of β-amino-alcohol motifs (C(OH)–C–C–N with tert-alkyl or cyclic N) is 1. The van der Waals surface area contributed by atoms with E-state index in [2.05, 4.69) is 94.8 Å². The van der Waals surface area contributed by atoms with Gasteiger partial charge in [0.15, 0.2) is 0 Å². The third-order valence-electron chi connectivity index (χ3n) is 6.22. The second-order valence-electron chi connectivity index (χ2n) is 8.35. The SMILES string of the molecule is O[C@H](CN1CCN(c2ccc(Cl)cc2)CC1)Cn1c2ccc(Br)cc2c2cc(Br)ccc21. The van der Waals surface area contributed by atoms with E-state index in [1.54, 1.807) is 0 Å². The Bertz CT molecular complexity index is 1190. The molecule has 1 N–H and O–H groups in total. The number of aliphatic hydroxyl groups excluding tert-OH is 1. The highest BCUT2D eigenvalue weighted by molar-refractivity contribution is 9.10. The van der Waals surface area contributed by atoms with Gasteiger partial charge in [0.1, 0.15) is 0 Å². The van der Waals surface area contributed by atoms with Crippen molar-refractivity contribution >= 4 is 71.0 Å². The number of fused-ring (bicyclic) bond motifs is 3. The maximum Gasteiger partial charge on any atom is 0.0845 e. The number of anilines is 1. The van der Waals surface area contributed by atoms with E-state index >= 15 is 0 Å². The zero-order valence-corrected chi connectivity index (χ0v) is 21.4. The molecule has 166 valence electrons. The van der Waals surface area contributed by atoms with Crippen LogP contribution in [0.4, 0.5) is 5.69 Å². The molecule has 1 atom stereocenters. The first-order valence-electron chi connectivity index (χ1n) is 10.8. The summed E-state index contributed by atoms with van der Waals surface area (Å²) in [4.78, 5) is 4.74. The second-order valence-corrected chi connectivity index (χ2v) is 10.6. The monoisotopic (exact) mass is 575 g/mol. The lowest BCUT2D eigenvalue weighted by Crippen LogP contribution is -2.49. The second kappa shape index (κ2) is 9.35. The zero-order chi connectivity index (χ0) is 22.2. The molecule has 1 saturated heterocycles. The molecule has 0 bridgehead atoms. The van der Waals surface area contributed by atoms with Crippen molar-refractivity contribution in [2.24, 2.45) is 0 Å². The number of hydrogen-bond donors (Lipinski definition) is 1. The smallest absolute Gasteiger partial charge is 0.0845 e. The fourth-order valence-electron chi connectivity index (χ4n) is 4.65. The summed E-state index contributed by atoms with van der Waals surface area (Å²) in [5.74, 6) is 0. The molecule has 0 radical (unpaired) electrons. The first-order chi connectivity index (χ1) is 15.5. The van der Waals surface area contributed by atoms with Gasteiger partial charge in [-0.1, -0.05) is 43.5 Å². The highest BCUT2D eigenvalue weighted by atomic mass is 79.9. The molecule has 0 aliphatic carbocycles. The molecule has 5 rings (SSSR count). The summed E-state index contributed by atoms with van der Waals surface area (Å²) >= 11 is 13.2. The average Bonchev–Trinajstić information content (AvgIpc) is 3.07. The summed E-state index contributed by atoms with van der Waals surface area (Å²) in [6.07, 6.45) is -0.442. The minimum absolute atomic E-state index is 0.442. The number of piperazine rings is 1. The summed E-state index contributed by atoms with van der Waals surface area (Å²) in [5, 5.41) is 14.2. The molecule has 0 amide bonds. The van der Waals surface area contributed by atoms with Crippen molar-refractivity contribution in [2.45, 2.75) is 12.6 Å². The quantitative estimate of drug-likeness (QED) is 0.309. The summed E-state index contributed by atoms with van der Waals surface area (Å²) in [6.45, 7) is 5.01. The Morgan fingerprint density at radius 3 is 1.91 bits per heavy atom. The maximum absolute atomic E-state index is 11.0. The highest BCUT2D eigenvalue weighted by Gasteiger charge is 2.21. The average molecular weight is 578 g/mol. The summed E-state index contributed by atoms with van der Waals surface area (Å²) in [5.41, 5.74) is 3.50. The van der Waals surface area contributed by atoms with Gasteiger partial charge in [-0.05, 0) is 60.7 Å². The van der Waals surface area contributed by atoms with Gasteiger partial charge in [-0.2, -0.15) is 0 Å². The predicted octanol–water partition coefficient (Wildman–Crippen LogP) is 6.16. The molecule has 32 heavy (non-hydrogen) atoms. The third-order valence-corrected chi connectivity index (χ3v) is 7.45. The lowest BCUT2D eigenvalue weighted by atomic mass is 10.2. The minimum Gasteiger partial charge on any atom is -0.390 e. The van der Waals surface area contributed by atoms with E-state index in [9.17, 15) is 5.11 Å². The Morgan fingerprint density at radius 1 is 0.781 bits per heavy atom. The maximum atomic E-state index is 11.0. The Hall–Kier alpha value is -1.57. The molecule has 1 fully saturated rings. The van der Waals surface area contributed by atoms with Crippen LogP contribution >= 0.6 is 43.5 Å². The van der Waals surface area contributed by atoms with Gasteiger partial charge < -0.3 is 14.6 Å². The van der Waals surface area contributed by atoms with Crippen LogP contribution in [0, 0.1) is 0 Å². The summed E-state index contributed by atoms with van der Waals surface area (Å²) in [7, 11) is 0. The highest BCUT2D eigenvalue weighted by Crippen LogP contribution is 2.33. The van der Waals surface area contributed by atoms with Gasteiger partial charge in [0.05, 0.1) is 12.6 Å². The molecular weight excluding hydrogens is 554 g/mol. The molecule has 1 aromatic heterocycles. The van der Waals surface area contributed by atoms with Crippen molar-refractivity contribution in [1.82, 2.24) is 9.47 Å². The lowest BCUT2D eigenvalue weighted by molar-refractivity contribution is 0.0969. The van der Waals surface area contributed by atoms with Crippen LogP contribution < -0.4 is 4.90 Å². The Labute approximate surface area is 209 Å². The molecule has 4 aromatic rings. The van der Waals surface area contributed by atoms with Crippen LogP contribution in [0.25, 0.3) is 21.8 Å². The van der Waals surface area contributed by atoms with E-state index in [0.717, 1.165) is 51.2 Å². The van der Waals surface area contributed by atoms with Gasteiger partial charge in [0.2, 0.25) is 0 Å². The van der Waals surface area contributed by atoms with Gasteiger partial charge in [0.25, 0.3) is 0 Å². The molecule has 0 saturated carbocycles. The van der Waals surface area contributed by atoms with Crippen molar-refractivity contribution in [3.05, 3.63) is 74.6 Å². The molecule has 1 aliphatic heterocycles. The zero-order valence-electron chi connectivity index (χ0n) is 17.5. The molecule has 1 aliphatic rings. The van der Waals surface area contributed by atoms with Crippen LogP contribution in [-0.2, 0) is 6.54 Å². The largest absolute Gasteiger partial charge is 0.390 e. The molecule has 4 nitrogen and oxygen atoms in total. The number of benzene rings is 3. The van der Waals surface area contributed by atoms with Crippen LogP contribution in [0.5, 0.6) is 0 Å². The summed E-state index contributed by atoms with van der Waals surface area (Å²) in [6, 6.07) is 20.7. The number of hydrogen-bond acceptors (Lipinski definition) is 3. The molecule has 0 spiro atoms. The van der Waals surface area contributed by atoms with Crippen LogP contribution in [0.15, 0.2) is 69.6 Å². The van der Waals surface area contributed by atoms with Gasteiger partial charge in [0, 0.05) is 74.2 Å². The normalized spacial score (nSPS) is 16.2. The number of rotatable bonds is 5. The number of nitrogens with zero attached hydrogens (tertiary/aromatic N) is 3. The third kappa shape index (κ3) is 4.57. The summed E-state index contributed by atoms with van der Waals surface area (Å²) < 4.78 is 4.37. The van der Waals surface area contributed by atoms with Gasteiger partial charge in [-0.25, -0.2) is 0 Å². The van der Waals surface area contributed by atoms with Crippen molar-refractivity contribution in [3.8, 4) is 0 Å². The fourth-order valence-corrected chi connectivity index (χ4v) is 5.50. The lowest BCUT2D eigenvalue weighted by Gasteiger charge is -2.37. The van der Waals surface area contributed by atoms with Crippen molar-refractivity contribution in [3.63, 3.8) is 0 Å². The first kappa shape index (κ1) is 22.2. The van der Waals surface area contributed by atoms with Crippen LogP contribution in [0.3, 0.4) is 0 Å². The Morgan fingerprint density at radius 2 is 1.34 bits per heavy atom.